The number of rotatable bonds is 2. The number of alkyl halides is 1. The first-order valence-electron chi connectivity index (χ1n) is 5.83. The minimum absolute atomic E-state index is 0.131. The van der Waals surface area contributed by atoms with Crippen molar-refractivity contribution in [3.8, 4) is 0 Å². The van der Waals surface area contributed by atoms with E-state index in [9.17, 15) is 8.78 Å². The molecule has 2 atom stereocenters. The van der Waals surface area contributed by atoms with Crippen molar-refractivity contribution in [2.24, 2.45) is 5.92 Å². The van der Waals surface area contributed by atoms with Gasteiger partial charge in [-0.2, -0.15) is 0 Å². The predicted octanol–water partition coefficient (Wildman–Crippen LogP) is 4.09. The molecule has 0 N–H and O–H groups in total. The van der Waals surface area contributed by atoms with E-state index >= 15 is 0 Å². The smallest absolute Gasteiger partial charge is 0.149 e. The van der Waals surface area contributed by atoms with Gasteiger partial charge < -0.3 is 4.90 Å². The van der Waals surface area contributed by atoms with E-state index in [1.54, 1.807) is 0 Å². The van der Waals surface area contributed by atoms with Gasteiger partial charge in [0.2, 0.25) is 0 Å². The maximum absolute atomic E-state index is 13.9. The maximum Gasteiger partial charge on any atom is 0.149 e. The number of benzene rings is 1. The van der Waals surface area contributed by atoms with Gasteiger partial charge in [0.1, 0.15) is 17.3 Å². The molecule has 1 aromatic rings. The highest BCUT2D eigenvalue weighted by atomic mass is 79.9. The number of hydrogen-bond acceptors (Lipinski definition) is 1. The first-order chi connectivity index (χ1) is 8.02. The lowest BCUT2D eigenvalue weighted by Crippen LogP contribution is -2.28. The summed E-state index contributed by atoms with van der Waals surface area (Å²) < 4.78 is 27.9. The van der Waals surface area contributed by atoms with Crippen LogP contribution in [0.1, 0.15) is 25.8 Å². The Balaban J connectivity index is 2.39. The van der Waals surface area contributed by atoms with E-state index in [4.69, 9.17) is 0 Å². The van der Waals surface area contributed by atoms with Crippen LogP contribution in [0.2, 0.25) is 0 Å². The van der Waals surface area contributed by atoms with Gasteiger partial charge in [-0.1, -0.05) is 22.9 Å². The standard InChI is InChI=1S/C13H16BrF2N/c1-8-3-9(2)17(7-8)13-11(15)4-10(6-14)5-12(13)16/h4-5,8-9H,3,6-7H2,1-2H3. The normalized spacial score (nSPS) is 24.4. The van der Waals surface area contributed by atoms with E-state index in [-0.39, 0.29) is 11.7 Å². The molecular formula is C13H16BrF2N. The molecule has 1 aliphatic rings. The largest absolute Gasteiger partial charge is 0.364 e. The molecule has 2 unspecified atom stereocenters. The average molecular weight is 304 g/mol. The monoisotopic (exact) mass is 303 g/mol. The zero-order valence-electron chi connectivity index (χ0n) is 10.0. The highest BCUT2D eigenvalue weighted by molar-refractivity contribution is 9.08. The number of anilines is 1. The maximum atomic E-state index is 13.9. The molecule has 0 amide bonds. The van der Waals surface area contributed by atoms with Crippen LogP contribution in [0, 0.1) is 17.6 Å². The van der Waals surface area contributed by atoms with E-state index in [0.29, 0.717) is 16.8 Å². The lowest BCUT2D eigenvalue weighted by atomic mass is 10.1. The lowest BCUT2D eigenvalue weighted by molar-refractivity contribution is 0.566. The van der Waals surface area contributed by atoms with Crippen molar-refractivity contribution in [3.05, 3.63) is 29.3 Å². The Kier molecular flexibility index (Phi) is 3.71. The molecule has 1 aliphatic heterocycles. The Morgan fingerprint density at radius 1 is 1.29 bits per heavy atom. The zero-order chi connectivity index (χ0) is 12.6. The molecule has 1 nitrogen and oxygen atoms in total. The molecule has 94 valence electrons. The molecule has 0 radical (unpaired) electrons. The molecule has 1 saturated heterocycles. The first-order valence-corrected chi connectivity index (χ1v) is 6.95. The second kappa shape index (κ2) is 4.92. The molecule has 17 heavy (non-hydrogen) atoms. The van der Waals surface area contributed by atoms with E-state index < -0.39 is 11.6 Å². The molecule has 0 aliphatic carbocycles. The van der Waals surface area contributed by atoms with Crippen LogP contribution in [0.3, 0.4) is 0 Å². The van der Waals surface area contributed by atoms with E-state index in [0.717, 1.165) is 13.0 Å². The van der Waals surface area contributed by atoms with E-state index in [1.807, 2.05) is 11.8 Å². The van der Waals surface area contributed by atoms with Crippen molar-refractivity contribution in [1.29, 1.82) is 0 Å². The quantitative estimate of drug-likeness (QED) is 0.744. The van der Waals surface area contributed by atoms with Crippen LogP contribution in [0.4, 0.5) is 14.5 Å². The lowest BCUT2D eigenvalue weighted by Gasteiger charge is -2.25. The van der Waals surface area contributed by atoms with Crippen LogP contribution in [-0.2, 0) is 5.33 Å². The summed E-state index contributed by atoms with van der Waals surface area (Å²) in [5.74, 6) is -0.430. The number of hydrogen-bond donors (Lipinski definition) is 0. The summed E-state index contributed by atoms with van der Waals surface area (Å²) in [5.41, 5.74) is 0.759. The van der Waals surface area contributed by atoms with Gasteiger partial charge in [0.25, 0.3) is 0 Å². The van der Waals surface area contributed by atoms with Gasteiger partial charge in [-0.15, -0.1) is 0 Å². The molecule has 0 aromatic heterocycles. The Labute approximate surface area is 109 Å². The minimum atomic E-state index is -0.458. The SMILES string of the molecule is CC1CC(C)N(c2c(F)cc(CBr)cc2F)C1. The van der Waals surface area contributed by atoms with Gasteiger partial charge in [0.05, 0.1) is 0 Å². The number of halogens is 3. The fraction of sp³-hybridized carbons (Fsp3) is 0.538. The minimum Gasteiger partial charge on any atom is -0.364 e. The topological polar surface area (TPSA) is 3.24 Å². The zero-order valence-corrected chi connectivity index (χ0v) is 11.6. The summed E-state index contributed by atoms with van der Waals surface area (Å²) in [5, 5.41) is 0.465. The Bertz CT molecular complexity index is 399. The Morgan fingerprint density at radius 2 is 1.88 bits per heavy atom. The molecule has 1 aromatic carbocycles. The summed E-state index contributed by atoms with van der Waals surface area (Å²) in [7, 11) is 0. The van der Waals surface area contributed by atoms with Crippen LogP contribution < -0.4 is 4.90 Å². The second-order valence-electron chi connectivity index (χ2n) is 4.88. The summed E-state index contributed by atoms with van der Waals surface area (Å²) in [6.07, 6.45) is 0.985. The van der Waals surface area contributed by atoms with Gasteiger partial charge in [-0.05, 0) is 37.0 Å². The summed E-state index contributed by atoms with van der Waals surface area (Å²) in [6.45, 7) is 4.85. The van der Waals surface area contributed by atoms with E-state index in [2.05, 4.69) is 22.9 Å². The van der Waals surface area contributed by atoms with Crippen molar-refractivity contribution in [3.63, 3.8) is 0 Å². The third-order valence-corrected chi connectivity index (χ3v) is 3.95. The van der Waals surface area contributed by atoms with Gasteiger partial charge in [0.15, 0.2) is 0 Å². The highest BCUT2D eigenvalue weighted by Crippen LogP contribution is 2.33. The number of nitrogens with zero attached hydrogens (tertiary/aromatic N) is 1. The predicted molar refractivity (Wildman–Crippen MR) is 69.6 cm³/mol. The fourth-order valence-electron chi connectivity index (χ4n) is 2.58. The summed E-state index contributed by atoms with van der Waals surface area (Å²) in [4.78, 5) is 1.84. The van der Waals surface area contributed by atoms with Gasteiger partial charge >= 0.3 is 0 Å². The van der Waals surface area contributed by atoms with Crippen molar-refractivity contribution in [1.82, 2.24) is 0 Å². The van der Waals surface area contributed by atoms with Gasteiger partial charge in [-0.25, -0.2) is 8.78 Å². The average Bonchev–Trinajstić information content (AvgIpc) is 2.57. The van der Waals surface area contributed by atoms with Crippen molar-refractivity contribution >= 4 is 21.6 Å². The molecular weight excluding hydrogens is 288 g/mol. The Hall–Kier alpha value is -0.640. The molecule has 4 heteroatoms. The third kappa shape index (κ3) is 2.46. The molecule has 1 heterocycles. The third-order valence-electron chi connectivity index (χ3n) is 3.30. The van der Waals surface area contributed by atoms with Gasteiger partial charge in [0, 0.05) is 17.9 Å². The van der Waals surface area contributed by atoms with Crippen LogP contribution in [0.25, 0.3) is 0 Å². The highest BCUT2D eigenvalue weighted by Gasteiger charge is 2.30. The first kappa shape index (κ1) is 12.8. The molecule has 0 bridgehead atoms. The van der Waals surface area contributed by atoms with Crippen LogP contribution in [0.5, 0.6) is 0 Å². The van der Waals surface area contributed by atoms with Crippen LogP contribution in [-0.4, -0.2) is 12.6 Å². The molecule has 0 saturated carbocycles. The Morgan fingerprint density at radius 3 is 2.29 bits per heavy atom. The fourth-order valence-corrected chi connectivity index (χ4v) is 2.90. The van der Waals surface area contributed by atoms with Crippen molar-refractivity contribution in [2.75, 3.05) is 11.4 Å². The summed E-state index contributed by atoms with van der Waals surface area (Å²) >= 11 is 3.21. The van der Waals surface area contributed by atoms with E-state index in [1.165, 1.54) is 12.1 Å². The van der Waals surface area contributed by atoms with Gasteiger partial charge in [-0.3, -0.25) is 0 Å². The molecule has 1 fully saturated rings. The summed E-state index contributed by atoms with van der Waals surface area (Å²) in [6, 6.07) is 3.01. The van der Waals surface area contributed by atoms with Crippen LogP contribution >= 0.6 is 15.9 Å². The van der Waals surface area contributed by atoms with Crippen molar-refractivity contribution in [2.45, 2.75) is 31.6 Å². The van der Waals surface area contributed by atoms with Crippen molar-refractivity contribution < 1.29 is 8.78 Å². The molecule has 2 rings (SSSR count). The molecule has 0 spiro atoms. The second-order valence-corrected chi connectivity index (χ2v) is 5.44. The van der Waals surface area contributed by atoms with Crippen LogP contribution in [0.15, 0.2) is 12.1 Å².